The van der Waals surface area contributed by atoms with E-state index in [4.69, 9.17) is 18.9 Å². The third-order valence-electron chi connectivity index (χ3n) is 5.51. The van der Waals surface area contributed by atoms with E-state index in [0.717, 1.165) is 0 Å². The van der Waals surface area contributed by atoms with Crippen molar-refractivity contribution in [2.24, 2.45) is 0 Å². The van der Waals surface area contributed by atoms with Crippen molar-refractivity contribution >= 4 is 35.6 Å². The molecule has 0 aliphatic heterocycles. The van der Waals surface area contributed by atoms with Crippen molar-refractivity contribution in [2.75, 3.05) is 26.4 Å². The second-order valence-electron chi connectivity index (χ2n) is 8.65. The molecule has 44 heavy (non-hydrogen) atoms. The second-order valence-corrected chi connectivity index (χ2v) is 8.65. The molecular weight excluding hydrogens is 576 g/mol. The first-order valence-corrected chi connectivity index (χ1v) is 13.3. The molecule has 230 valence electrons. The highest BCUT2D eigenvalue weighted by Crippen LogP contribution is 2.14. The van der Waals surface area contributed by atoms with E-state index in [-0.39, 0.29) is 24.3 Å². The molecule has 0 aliphatic carbocycles. The first-order valence-electron chi connectivity index (χ1n) is 13.3. The number of benzene rings is 3. The fourth-order valence-electron chi connectivity index (χ4n) is 3.34. The zero-order valence-electron chi connectivity index (χ0n) is 23.8. The number of esters is 2. The van der Waals surface area contributed by atoms with Gasteiger partial charge in [0.25, 0.3) is 23.6 Å². The van der Waals surface area contributed by atoms with Crippen LogP contribution < -0.4 is 31.2 Å². The highest BCUT2D eigenvalue weighted by atomic mass is 16.5. The van der Waals surface area contributed by atoms with Crippen LogP contribution in [0.2, 0.25) is 0 Å². The molecule has 0 heterocycles. The van der Waals surface area contributed by atoms with Gasteiger partial charge < -0.3 is 18.9 Å². The van der Waals surface area contributed by atoms with Gasteiger partial charge in [0.05, 0.1) is 24.3 Å². The number of hydrazine groups is 2. The summed E-state index contributed by atoms with van der Waals surface area (Å²) in [5, 5.41) is 0. The summed E-state index contributed by atoms with van der Waals surface area (Å²) in [6.07, 6.45) is 0. The van der Waals surface area contributed by atoms with Crippen LogP contribution in [0.25, 0.3) is 0 Å². The Kier molecular flexibility index (Phi) is 12.2. The van der Waals surface area contributed by atoms with Crippen molar-refractivity contribution in [3.63, 3.8) is 0 Å². The van der Waals surface area contributed by atoms with Crippen LogP contribution in [-0.2, 0) is 19.1 Å². The average molecular weight is 607 g/mol. The molecule has 0 bridgehead atoms. The number of ether oxygens (including phenoxy) is 4. The summed E-state index contributed by atoms with van der Waals surface area (Å²) < 4.78 is 20.4. The zero-order valence-corrected chi connectivity index (χ0v) is 23.8. The van der Waals surface area contributed by atoms with E-state index in [1.54, 1.807) is 13.8 Å². The van der Waals surface area contributed by atoms with Crippen molar-refractivity contribution in [1.29, 1.82) is 0 Å². The molecule has 4 N–H and O–H groups in total. The van der Waals surface area contributed by atoms with Crippen molar-refractivity contribution in [3.05, 3.63) is 95.1 Å². The van der Waals surface area contributed by atoms with E-state index in [0.29, 0.717) is 22.6 Å². The number of hydrogen-bond acceptors (Lipinski definition) is 10. The van der Waals surface area contributed by atoms with Crippen molar-refractivity contribution in [2.45, 2.75) is 13.8 Å². The fourth-order valence-corrected chi connectivity index (χ4v) is 3.34. The van der Waals surface area contributed by atoms with Gasteiger partial charge in [0.1, 0.15) is 11.5 Å². The second kappa shape index (κ2) is 16.5. The minimum atomic E-state index is -0.648. The number of carbonyl (C=O) groups excluding carboxylic acids is 6. The predicted molar refractivity (Wildman–Crippen MR) is 153 cm³/mol. The minimum absolute atomic E-state index is 0.142. The maximum Gasteiger partial charge on any atom is 0.338 e. The molecule has 0 saturated carbocycles. The Labute approximate surface area is 251 Å². The van der Waals surface area contributed by atoms with Crippen LogP contribution in [0.4, 0.5) is 0 Å². The summed E-state index contributed by atoms with van der Waals surface area (Å²) in [7, 11) is 0. The van der Waals surface area contributed by atoms with Crippen LogP contribution in [0.5, 0.6) is 11.5 Å². The van der Waals surface area contributed by atoms with Crippen molar-refractivity contribution < 1.29 is 47.7 Å². The maximum absolute atomic E-state index is 12.3. The van der Waals surface area contributed by atoms with Gasteiger partial charge >= 0.3 is 11.9 Å². The Morgan fingerprint density at radius 1 is 0.477 bits per heavy atom. The molecular formula is C30H30N4O10. The molecule has 0 atom stereocenters. The lowest BCUT2D eigenvalue weighted by atomic mass is 10.1. The third-order valence-corrected chi connectivity index (χ3v) is 5.51. The Balaban J connectivity index is 1.36. The van der Waals surface area contributed by atoms with Crippen molar-refractivity contribution in [1.82, 2.24) is 21.7 Å². The van der Waals surface area contributed by atoms with Crippen LogP contribution in [0, 0.1) is 0 Å². The van der Waals surface area contributed by atoms with Crippen molar-refractivity contribution in [3.8, 4) is 11.5 Å². The smallest absolute Gasteiger partial charge is 0.338 e. The van der Waals surface area contributed by atoms with Gasteiger partial charge in [-0.3, -0.25) is 40.9 Å². The lowest BCUT2D eigenvalue weighted by Gasteiger charge is -2.10. The molecule has 0 unspecified atom stereocenters. The van der Waals surface area contributed by atoms with Gasteiger partial charge in [0, 0.05) is 11.1 Å². The van der Waals surface area contributed by atoms with E-state index in [1.807, 2.05) is 0 Å². The highest BCUT2D eigenvalue weighted by molar-refractivity contribution is 5.99. The fraction of sp³-hybridized carbons (Fsp3) is 0.200. The Bertz CT molecular complexity index is 1360. The van der Waals surface area contributed by atoms with E-state index >= 15 is 0 Å². The molecule has 14 nitrogen and oxygen atoms in total. The highest BCUT2D eigenvalue weighted by Gasteiger charge is 2.13. The summed E-state index contributed by atoms with van der Waals surface area (Å²) in [6.45, 7) is 3.08. The van der Waals surface area contributed by atoms with E-state index in [9.17, 15) is 28.8 Å². The number of nitrogens with one attached hydrogen (secondary N) is 4. The summed E-state index contributed by atoms with van der Waals surface area (Å²) in [5.41, 5.74) is 9.84. The molecule has 3 aromatic carbocycles. The Hall–Kier alpha value is -5.92. The zero-order chi connectivity index (χ0) is 31.9. The summed E-state index contributed by atoms with van der Waals surface area (Å²) in [6, 6.07) is 17.4. The number of rotatable bonds is 12. The molecule has 0 spiro atoms. The van der Waals surface area contributed by atoms with Gasteiger partial charge in [-0.1, -0.05) is 0 Å². The van der Waals surface area contributed by atoms with Gasteiger partial charge in [0.2, 0.25) is 0 Å². The molecule has 0 radical (unpaired) electrons. The third kappa shape index (κ3) is 10.2. The summed E-state index contributed by atoms with van der Waals surface area (Å²) >= 11 is 0. The molecule has 3 rings (SSSR count). The molecule has 4 amide bonds. The normalized spacial score (nSPS) is 10.0. The van der Waals surface area contributed by atoms with Gasteiger partial charge in [-0.2, -0.15) is 0 Å². The van der Waals surface area contributed by atoms with Crippen LogP contribution in [0.3, 0.4) is 0 Å². The first-order chi connectivity index (χ1) is 21.2. The molecule has 0 aliphatic rings. The number of carbonyl (C=O) groups is 6. The predicted octanol–water partition coefficient (Wildman–Crippen LogP) is 1.72. The van der Waals surface area contributed by atoms with Gasteiger partial charge in [0.15, 0.2) is 13.2 Å². The van der Waals surface area contributed by atoms with Crippen LogP contribution in [0.1, 0.15) is 55.3 Å². The molecule has 14 heteroatoms. The lowest BCUT2D eigenvalue weighted by Crippen LogP contribution is -2.44. The maximum atomic E-state index is 12.3. The average Bonchev–Trinajstić information content (AvgIpc) is 3.04. The number of amides is 4. The molecule has 3 aromatic rings. The van der Waals surface area contributed by atoms with Gasteiger partial charge in [-0.25, -0.2) is 9.59 Å². The van der Waals surface area contributed by atoms with Crippen LogP contribution in [-0.4, -0.2) is 62.0 Å². The Morgan fingerprint density at radius 3 is 1.11 bits per heavy atom. The monoisotopic (exact) mass is 606 g/mol. The first kappa shape index (κ1) is 32.6. The molecule has 0 aromatic heterocycles. The summed E-state index contributed by atoms with van der Waals surface area (Å²) in [4.78, 5) is 72.1. The standard InChI is InChI=1S/C30H30N4O10/c1-3-41-29(39)21-9-13-23(14-10-21)43-17-25(35)31-33-27(37)19-5-7-20(8-6-19)28(38)34-32-26(36)18-44-24-15-11-22(12-16-24)30(40)42-4-2/h5-16H,3-4,17-18H2,1-2H3,(H,31,35)(H,32,36)(H,33,37)(H,34,38). The largest absolute Gasteiger partial charge is 0.484 e. The van der Waals surface area contributed by atoms with E-state index in [1.165, 1.54) is 72.8 Å². The minimum Gasteiger partial charge on any atom is -0.484 e. The Morgan fingerprint density at radius 2 is 0.795 bits per heavy atom. The molecule has 0 fully saturated rings. The van der Waals surface area contributed by atoms with Gasteiger partial charge in [-0.15, -0.1) is 0 Å². The van der Waals surface area contributed by atoms with Crippen LogP contribution >= 0.6 is 0 Å². The van der Waals surface area contributed by atoms with Crippen LogP contribution in [0.15, 0.2) is 72.8 Å². The SMILES string of the molecule is CCOC(=O)c1ccc(OCC(=O)NNC(=O)c2ccc(C(=O)NNC(=O)COc3ccc(C(=O)OCC)cc3)cc2)cc1. The number of hydrogen-bond donors (Lipinski definition) is 4. The quantitative estimate of drug-likeness (QED) is 0.175. The lowest BCUT2D eigenvalue weighted by molar-refractivity contribution is -0.124. The summed E-state index contributed by atoms with van der Waals surface area (Å²) in [5.74, 6) is -2.86. The van der Waals surface area contributed by atoms with E-state index < -0.39 is 48.8 Å². The topological polar surface area (TPSA) is 187 Å². The molecule has 0 saturated heterocycles. The van der Waals surface area contributed by atoms with Gasteiger partial charge in [-0.05, 0) is 86.6 Å². The van der Waals surface area contributed by atoms with E-state index in [2.05, 4.69) is 21.7 Å².